The second kappa shape index (κ2) is 7.14. The van der Waals surface area contributed by atoms with Gasteiger partial charge in [0.15, 0.2) is 0 Å². The van der Waals surface area contributed by atoms with Gasteiger partial charge in [-0.1, -0.05) is 43.4 Å². The minimum absolute atomic E-state index is 0.108. The van der Waals surface area contributed by atoms with Crippen LogP contribution >= 0.6 is 0 Å². The molecule has 2 saturated heterocycles. The van der Waals surface area contributed by atoms with Gasteiger partial charge in [0.25, 0.3) is 0 Å². The van der Waals surface area contributed by atoms with Crippen LogP contribution in [0.3, 0.4) is 0 Å². The fourth-order valence-electron chi connectivity index (χ4n) is 6.50. The number of fused-ring (bicyclic) bond motifs is 4. The first kappa shape index (κ1) is 20.6. The summed E-state index contributed by atoms with van der Waals surface area (Å²) in [6, 6.07) is 3.16. The van der Waals surface area contributed by atoms with Gasteiger partial charge in [-0.2, -0.15) is 0 Å². The topological polar surface area (TPSA) is 98.7 Å². The molecule has 0 unspecified atom stereocenters. The highest BCUT2D eigenvalue weighted by Gasteiger charge is 2.71. The maximum Gasteiger partial charge on any atom is 0.250 e. The molecule has 5 rings (SSSR count). The lowest BCUT2D eigenvalue weighted by Gasteiger charge is -2.32. The van der Waals surface area contributed by atoms with Gasteiger partial charge in [-0.3, -0.25) is 24.6 Å². The first-order valence-corrected chi connectivity index (χ1v) is 11.5. The predicted molar refractivity (Wildman–Crippen MR) is 115 cm³/mol. The van der Waals surface area contributed by atoms with Crippen molar-refractivity contribution in [1.82, 2.24) is 10.2 Å². The molecule has 31 heavy (non-hydrogen) atoms. The molecule has 1 spiro atoms. The summed E-state index contributed by atoms with van der Waals surface area (Å²) in [5, 5.41) is 16.8. The minimum atomic E-state index is -1.33. The van der Waals surface area contributed by atoms with E-state index in [4.69, 9.17) is 0 Å². The van der Waals surface area contributed by atoms with Gasteiger partial charge in [0.1, 0.15) is 5.54 Å². The van der Waals surface area contributed by atoms with Crippen LogP contribution in [-0.2, 0) is 19.9 Å². The molecule has 1 saturated carbocycles. The number of aliphatic hydroxyl groups excluding tert-OH is 1. The van der Waals surface area contributed by atoms with Crippen molar-refractivity contribution >= 4 is 23.4 Å². The number of hydrogen-bond acceptors (Lipinski definition) is 5. The van der Waals surface area contributed by atoms with E-state index in [9.17, 15) is 19.5 Å². The average molecular weight is 426 g/mol. The molecule has 7 nitrogen and oxygen atoms in total. The number of likely N-dealkylation sites (tertiary alicyclic amines) is 1. The van der Waals surface area contributed by atoms with Crippen molar-refractivity contribution < 1.29 is 19.5 Å². The number of carbonyl (C=O) groups is 3. The van der Waals surface area contributed by atoms with Gasteiger partial charge in [0, 0.05) is 23.3 Å². The molecule has 3 fully saturated rings. The Kier molecular flexibility index (Phi) is 4.75. The number of carbonyl (C=O) groups excluding carboxylic acids is 3. The molecule has 3 N–H and O–H groups in total. The van der Waals surface area contributed by atoms with E-state index >= 15 is 0 Å². The number of aliphatic hydroxyl groups is 1. The third-order valence-corrected chi connectivity index (χ3v) is 7.84. The van der Waals surface area contributed by atoms with Crippen molar-refractivity contribution in [1.29, 1.82) is 0 Å². The van der Waals surface area contributed by atoms with E-state index in [0.29, 0.717) is 5.69 Å². The second-order valence-corrected chi connectivity index (χ2v) is 9.87. The maximum atomic E-state index is 13.9. The highest BCUT2D eigenvalue weighted by Crippen LogP contribution is 2.54. The lowest BCUT2D eigenvalue weighted by atomic mass is 9.75. The van der Waals surface area contributed by atoms with E-state index < -0.39 is 29.5 Å². The largest absolute Gasteiger partial charge is 0.392 e. The third-order valence-electron chi connectivity index (χ3n) is 7.84. The zero-order valence-electron chi connectivity index (χ0n) is 18.4. The molecule has 0 bridgehead atoms. The first-order chi connectivity index (χ1) is 14.8. The van der Waals surface area contributed by atoms with Crippen LogP contribution in [0.2, 0.25) is 0 Å². The molecule has 3 aliphatic heterocycles. The van der Waals surface area contributed by atoms with Crippen molar-refractivity contribution in [2.45, 2.75) is 83.0 Å². The molecule has 1 aromatic carbocycles. The lowest BCUT2D eigenvalue weighted by Crippen LogP contribution is -2.55. The van der Waals surface area contributed by atoms with Crippen LogP contribution in [-0.4, -0.2) is 45.9 Å². The maximum absolute atomic E-state index is 13.9. The summed E-state index contributed by atoms with van der Waals surface area (Å²) >= 11 is 0. The first-order valence-electron chi connectivity index (χ1n) is 11.5. The average Bonchev–Trinajstić information content (AvgIpc) is 3.18. The van der Waals surface area contributed by atoms with E-state index in [1.165, 1.54) is 4.90 Å². The standard InChI is InChI=1S/C24H31N3O4/c1-12-10-13(2)19-16(11-12)24(23(31)25-19)18-17(20(26-24)14(3)28)21(29)27(22(18)30)15-8-6-4-5-7-9-15/h10-11,14-15,17-18,20,26,28H,4-9H2,1-3H3,(H,25,31)/t14-,17+,18+,20+,24+/m1/s1. The summed E-state index contributed by atoms with van der Waals surface area (Å²) in [5.74, 6) is -2.39. The SMILES string of the molecule is Cc1cc(C)c2c(c1)[C@@]1(N[C@@H]([C@@H](C)O)[C@H]3C(=O)N(C4CCCCCC4)C(=O)[C@H]31)C(=O)N2. The predicted octanol–water partition coefficient (Wildman–Crippen LogP) is 2.13. The van der Waals surface area contributed by atoms with Crippen molar-refractivity contribution in [2.75, 3.05) is 5.32 Å². The number of anilines is 1. The van der Waals surface area contributed by atoms with Crippen LogP contribution in [0.1, 0.15) is 62.1 Å². The van der Waals surface area contributed by atoms with Crippen LogP contribution in [0.25, 0.3) is 0 Å². The Labute approximate surface area is 182 Å². The van der Waals surface area contributed by atoms with E-state index in [-0.39, 0.29) is 23.8 Å². The quantitative estimate of drug-likeness (QED) is 0.498. The summed E-state index contributed by atoms with van der Waals surface area (Å²) in [5.41, 5.74) is 2.02. The van der Waals surface area contributed by atoms with Crippen LogP contribution in [0.5, 0.6) is 0 Å². The Morgan fingerprint density at radius 1 is 1.06 bits per heavy atom. The number of nitrogens with zero attached hydrogens (tertiary/aromatic N) is 1. The Balaban J connectivity index is 1.65. The van der Waals surface area contributed by atoms with E-state index in [1.807, 2.05) is 26.0 Å². The zero-order valence-corrected chi connectivity index (χ0v) is 18.4. The van der Waals surface area contributed by atoms with Gasteiger partial charge in [0.05, 0.1) is 17.9 Å². The molecule has 166 valence electrons. The van der Waals surface area contributed by atoms with Gasteiger partial charge in [-0.05, 0) is 39.2 Å². The van der Waals surface area contributed by atoms with Gasteiger partial charge < -0.3 is 10.4 Å². The monoisotopic (exact) mass is 425 g/mol. The molecule has 0 aromatic heterocycles. The van der Waals surface area contributed by atoms with Gasteiger partial charge in [-0.25, -0.2) is 0 Å². The number of aryl methyl sites for hydroxylation is 2. The Hall–Kier alpha value is -2.25. The normalized spacial score (nSPS) is 34.1. The molecule has 3 amide bonds. The van der Waals surface area contributed by atoms with Crippen molar-refractivity contribution in [3.05, 3.63) is 28.8 Å². The molecule has 0 radical (unpaired) electrons. The molecule has 5 atom stereocenters. The highest BCUT2D eigenvalue weighted by atomic mass is 16.3. The molecular weight excluding hydrogens is 394 g/mol. The molecule has 1 aliphatic carbocycles. The number of nitrogens with one attached hydrogen (secondary N) is 2. The number of imide groups is 1. The Bertz CT molecular complexity index is 966. The van der Waals surface area contributed by atoms with Gasteiger partial charge >= 0.3 is 0 Å². The summed E-state index contributed by atoms with van der Waals surface area (Å²) in [6.45, 7) is 5.51. The minimum Gasteiger partial charge on any atom is -0.392 e. The van der Waals surface area contributed by atoms with E-state index in [1.54, 1.807) is 6.92 Å². The second-order valence-electron chi connectivity index (χ2n) is 9.87. The van der Waals surface area contributed by atoms with Crippen molar-refractivity contribution in [2.24, 2.45) is 11.8 Å². The number of rotatable bonds is 2. The van der Waals surface area contributed by atoms with Crippen LogP contribution in [0.4, 0.5) is 5.69 Å². The Morgan fingerprint density at radius 2 is 1.74 bits per heavy atom. The van der Waals surface area contributed by atoms with E-state index in [0.717, 1.165) is 55.2 Å². The van der Waals surface area contributed by atoms with Gasteiger partial charge in [0.2, 0.25) is 17.7 Å². The summed E-state index contributed by atoms with van der Waals surface area (Å²) in [7, 11) is 0. The third kappa shape index (κ3) is 2.75. The number of amides is 3. The molecule has 3 heterocycles. The highest BCUT2D eigenvalue weighted by molar-refractivity contribution is 6.15. The van der Waals surface area contributed by atoms with Crippen molar-refractivity contribution in [3.63, 3.8) is 0 Å². The molecule has 1 aromatic rings. The van der Waals surface area contributed by atoms with Crippen molar-refractivity contribution in [3.8, 4) is 0 Å². The van der Waals surface area contributed by atoms with E-state index in [2.05, 4.69) is 10.6 Å². The summed E-state index contributed by atoms with van der Waals surface area (Å²) in [4.78, 5) is 42.5. The van der Waals surface area contributed by atoms with Crippen LogP contribution < -0.4 is 10.6 Å². The van der Waals surface area contributed by atoms with Crippen LogP contribution in [0.15, 0.2) is 12.1 Å². The zero-order chi connectivity index (χ0) is 22.1. The smallest absolute Gasteiger partial charge is 0.250 e. The van der Waals surface area contributed by atoms with Crippen LogP contribution in [0, 0.1) is 25.7 Å². The summed E-state index contributed by atoms with van der Waals surface area (Å²) in [6.07, 6.45) is 5.01. The lowest BCUT2D eigenvalue weighted by molar-refractivity contribution is -0.146. The fraction of sp³-hybridized carbons (Fsp3) is 0.625. The van der Waals surface area contributed by atoms with Gasteiger partial charge in [-0.15, -0.1) is 0 Å². The number of benzene rings is 1. The molecule has 7 heteroatoms. The number of hydrogen-bond donors (Lipinski definition) is 3. The fourth-order valence-corrected chi connectivity index (χ4v) is 6.50. The summed E-state index contributed by atoms with van der Waals surface area (Å²) < 4.78 is 0. The Morgan fingerprint density at radius 3 is 2.39 bits per heavy atom. The molecule has 4 aliphatic rings. The molecular formula is C24H31N3O4.